The topological polar surface area (TPSA) is 31.2 Å². The van der Waals surface area contributed by atoms with E-state index in [1.807, 2.05) is 0 Å². The molecule has 0 radical (unpaired) electrons. The Morgan fingerprint density at radius 1 is 1.12 bits per heavy atom. The van der Waals surface area contributed by atoms with Gasteiger partial charge in [0, 0.05) is 5.39 Å². The average molecular weight is 229 g/mol. The quantitative estimate of drug-likeness (QED) is 0.599. The van der Waals surface area contributed by atoms with Gasteiger partial charge in [-0.3, -0.25) is 4.79 Å². The number of hydrogen-bond donors (Lipinski definition) is 0. The number of pyridine rings is 1. The maximum atomic E-state index is 12.5. The summed E-state index contributed by atoms with van der Waals surface area (Å²) in [6, 6.07) is 5.49. The van der Waals surface area contributed by atoms with E-state index in [2.05, 4.69) is 0 Å². The molecule has 3 nitrogen and oxygen atoms in total. The molecule has 0 unspecified atom stereocenters. The molecule has 0 aliphatic carbocycles. The van der Waals surface area contributed by atoms with Crippen LogP contribution in [-0.4, -0.2) is 11.8 Å². The predicted molar refractivity (Wildman–Crippen MR) is 68.2 cm³/mol. The van der Waals surface area contributed by atoms with Gasteiger partial charge in [-0.2, -0.15) is 0 Å². The fourth-order valence-corrected chi connectivity index (χ4v) is 1.93. The second-order valence-electron chi connectivity index (χ2n) is 3.55. The number of benzene rings is 2. The van der Waals surface area contributed by atoms with E-state index in [1.54, 1.807) is 24.3 Å². The molecule has 84 valence electrons. The van der Waals surface area contributed by atoms with Crippen molar-refractivity contribution >= 4 is 21.7 Å². The van der Waals surface area contributed by atoms with Crippen molar-refractivity contribution in [2.75, 3.05) is 7.11 Å². The molecule has 0 amide bonds. The molecular formula is C14H11NO2. The zero-order valence-electron chi connectivity index (χ0n) is 13.1. The first-order valence-electron chi connectivity index (χ1n) is 7.07. The van der Waals surface area contributed by atoms with Gasteiger partial charge in [0.2, 0.25) is 0 Å². The monoisotopic (exact) mass is 229 g/mol. The normalized spacial score (nSPS) is 14.2. The van der Waals surface area contributed by atoms with E-state index >= 15 is 0 Å². The standard InChI is InChI=1S/C14H11NO2/c1-17-15-13-9-5-4-7-11(13)10-6-2-3-8-12(10)14(15)16/h2-9H,1H3/i2D,3D,6D,8D. The Morgan fingerprint density at radius 3 is 2.59 bits per heavy atom. The molecule has 0 saturated carbocycles. The maximum Gasteiger partial charge on any atom is 0.291 e. The molecule has 0 aliphatic heterocycles. The van der Waals surface area contributed by atoms with Crippen LogP contribution in [0.25, 0.3) is 21.7 Å². The van der Waals surface area contributed by atoms with Gasteiger partial charge in [0.05, 0.1) is 16.4 Å². The summed E-state index contributed by atoms with van der Waals surface area (Å²) in [7, 11) is 1.34. The Hall–Kier alpha value is -2.29. The van der Waals surface area contributed by atoms with Crippen molar-refractivity contribution in [1.82, 2.24) is 4.73 Å². The molecule has 0 bridgehead atoms. The molecule has 0 fully saturated rings. The highest BCUT2D eigenvalue weighted by Crippen LogP contribution is 2.21. The number of rotatable bonds is 1. The molecule has 17 heavy (non-hydrogen) atoms. The zero-order chi connectivity index (χ0) is 15.3. The van der Waals surface area contributed by atoms with Crippen molar-refractivity contribution in [3.8, 4) is 0 Å². The number of aromatic nitrogens is 1. The lowest BCUT2D eigenvalue weighted by Gasteiger charge is -2.10. The minimum absolute atomic E-state index is 0.0680. The van der Waals surface area contributed by atoms with Crippen LogP contribution in [0.5, 0.6) is 0 Å². The molecule has 1 heterocycles. The van der Waals surface area contributed by atoms with Crippen LogP contribution in [-0.2, 0) is 0 Å². The maximum absolute atomic E-state index is 12.5. The Kier molecular flexibility index (Phi) is 1.38. The smallest absolute Gasteiger partial charge is 0.291 e. The predicted octanol–water partition coefficient (Wildman–Crippen LogP) is 2.21. The molecule has 0 spiro atoms. The Morgan fingerprint density at radius 2 is 1.82 bits per heavy atom. The first kappa shape index (κ1) is 6.45. The van der Waals surface area contributed by atoms with Gasteiger partial charge in [0.25, 0.3) is 5.56 Å². The minimum atomic E-state index is -0.599. The summed E-state index contributed by atoms with van der Waals surface area (Å²) in [6.45, 7) is 0. The van der Waals surface area contributed by atoms with E-state index < -0.39 is 11.6 Å². The van der Waals surface area contributed by atoms with E-state index in [-0.39, 0.29) is 28.9 Å². The van der Waals surface area contributed by atoms with Crippen molar-refractivity contribution in [2.45, 2.75) is 0 Å². The van der Waals surface area contributed by atoms with Crippen LogP contribution in [0.15, 0.2) is 53.2 Å². The number of fused-ring (bicyclic) bond motifs is 3. The summed E-state index contributed by atoms with van der Waals surface area (Å²) in [5.74, 6) is 0. The number of para-hydroxylation sites is 1. The third-order valence-corrected chi connectivity index (χ3v) is 2.66. The van der Waals surface area contributed by atoms with Gasteiger partial charge in [-0.25, -0.2) is 0 Å². The highest BCUT2D eigenvalue weighted by atomic mass is 16.6. The van der Waals surface area contributed by atoms with Crippen molar-refractivity contribution in [1.29, 1.82) is 0 Å². The number of nitrogens with zero attached hydrogens (tertiary/aromatic N) is 1. The van der Waals surface area contributed by atoms with Crippen LogP contribution < -0.4 is 10.4 Å². The van der Waals surface area contributed by atoms with Crippen LogP contribution in [0.4, 0.5) is 0 Å². The first-order valence-corrected chi connectivity index (χ1v) is 5.07. The van der Waals surface area contributed by atoms with Crippen molar-refractivity contribution < 1.29 is 10.3 Å². The Bertz CT molecular complexity index is 949. The summed E-state index contributed by atoms with van der Waals surface area (Å²) in [4.78, 5) is 17.6. The van der Waals surface area contributed by atoms with E-state index in [0.717, 1.165) is 4.73 Å². The van der Waals surface area contributed by atoms with Gasteiger partial charge in [-0.15, -0.1) is 4.73 Å². The third-order valence-electron chi connectivity index (χ3n) is 2.66. The fourth-order valence-electron chi connectivity index (χ4n) is 1.93. The molecule has 3 rings (SSSR count). The van der Waals surface area contributed by atoms with Gasteiger partial charge in [-0.05, 0) is 17.5 Å². The van der Waals surface area contributed by atoms with Gasteiger partial charge in [-0.1, -0.05) is 36.3 Å². The SMILES string of the molecule is [2H]c1c([2H])c([2H])c2c(c1[2H])c(=O)n(OC)c1ccccc21. The highest BCUT2D eigenvalue weighted by molar-refractivity contribution is 6.05. The summed E-state index contributed by atoms with van der Waals surface area (Å²) in [5.41, 5.74) is -0.138. The van der Waals surface area contributed by atoms with Gasteiger partial charge < -0.3 is 4.84 Å². The molecule has 3 aromatic rings. The molecular weight excluding hydrogens is 214 g/mol. The van der Waals surface area contributed by atoms with Gasteiger partial charge >= 0.3 is 0 Å². The van der Waals surface area contributed by atoms with E-state index in [9.17, 15) is 4.79 Å². The highest BCUT2D eigenvalue weighted by Gasteiger charge is 2.09. The lowest BCUT2D eigenvalue weighted by atomic mass is 10.1. The molecule has 0 atom stereocenters. The molecule has 2 aromatic carbocycles. The Balaban J connectivity index is 2.78. The molecule has 0 N–H and O–H groups in total. The van der Waals surface area contributed by atoms with E-state index in [0.29, 0.717) is 10.9 Å². The summed E-state index contributed by atoms with van der Waals surface area (Å²) >= 11 is 0. The zero-order valence-corrected chi connectivity index (χ0v) is 9.07. The van der Waals surface area contributed by atoms with E-state index in [4.69, 9.17) is 10.3 Å². The molecule has 1 aromatic heterocycles. The van der Waals surface area contributed by atoms with Crippen LogP contribution >= 0.6 is 0 Å². The summed E-state index contributed by atoms with van der Waals surface area (Å²) < 4.78 is 32.5. The number of hydrogen-bond acceptors (Lipinski definition) is 2. The van der Waals surface area contributed by atoms with Gasteiger partial charge in [0.1, 0.15) is 7.11 Å². The third kappa shape index (κ3) is 1.32. The van der Waals surface area contributed by atoms with Crippen molar-refractivity contribution in [3.05, 3.63) is 58.8 Å². The second-order valence-corrected chi connectivity index (χ2v) is 3.55. The Labute approximate surface area is 103 Å². The summed E-state index contributed by atoms with van der Waals surface area (Å²) in [6.07, 6.45) is 0. The summed E-state index contributed by atoms with van der Waals surface area (Å²) in [5, 5.41) is 0.692. The molecule has 3 heteroatoms. The lowest BCUT2D eigenvalue weighted by molar-refractivity contribution is 0.170. The van der Waals surface area contributed by atoms with Crippen molar-refractivity contribution in [3.63, 3.8) is 0 Å². The first-order chi connectivity index (χ1) is 9.99. The molecule has 0 aliphatic rings. The van der Waals surface area contributed by atoms with Crippen LogP contribution in [0.2, 0.25) is 0 Å². The average Bonchev–Trinajstić information content (AvgIpc) is 2.49. The van der Waals surface area contributed by atoms with Crippen LogP contribution in [0.3, 0.4) is 0 Å². The van der Waals surface area contributed by atoms with Crippen molar-refractivity contribution in [2.24, 2.45) is 0 Å². The second kappa shape index (κ2) is 3.63. The van der Waals surface area contributed by atoms with Crippen LogP contribution in [0, 0.1) is 0 Å². The largest absolute Gasteiger partial charge is 0.413 e. The molecule has 0 saturated heterocycles. The van der Waals surface area contributed by atoms with Gasteiger partial charge in [0.15, 0.2) is 0 Å². The van der Waals surface area contributed by atoms with Crippen LogP contribution in [0.1, 0.15) is 5.48 Å². The fraction of sp³-hybridized carbons (Fsp3) is 0.0714. The minimum Gasteiger partial charge on any atom is -0.413 e. The lowest BCUT2D eigenvalue weighted by Crippen LogP contribution is -2.25. The van der Waals surface area contributed by atoms with E-state index in [1.165, 1.54) is 7.11 Å².